The number of ether oxygens (including phenoxy) is 3. The predicted molar refractivity (Wildman–Crippen MR) is 119 cm³/mol. The van der Waals surface area contributed by atoms with E-state index < -0.39 is 11.8 Å². The largest absolute Gasteiger partial charge is 0.465 e. The van der Waals surface area contributed by atoms with Crippen LogP contribution in [-0.2, 0) is 20.7 Å². The van der Waals surface area contributed by atoms with Gasteiger partial charge in [0, 0.05) is 35.7 Å². The van der Waals surface area contributed by atoms with Crippen molar-refractivity contribution in [2.75, 3.05) is 13.4 Å². The summed E-state index contributed by atoms with van der Waals surface area (Å²) in [4.78, 5) is 31.0. The van der Waals surface area contributed by atoms with Crippen LogP contribution in [-0.4, -0.2) is 30.9 Å². The van der Waals surface area contributed by atoms with Crippen molar-refractivity contribution in [3.05, 3.63) is 70.9 Å². The quantitative estimate of drug-likeness (QED) is 0.657. The van der Waals surface area contributed by atoms with Crippen LogP contribution in [0.5, 0.6) is 11.5 Å². The van der Waals surface area contributed by atoms with Gasteiger partial charge in [-0.15, -0.1) is 0 Å². The van der Waals surface area contributed by atoms with Crippen LogP contribution in [0.15, 0.2) is 64.8 Å². The summed E-state index contributed by atoms with van der Waals surface area (Å²) >= 11 is 0. The molecular weight excluding hydrogens is 406 g/mol. The van der Waals surface area contributed by atoms with Gasteiger partial charge in [0.2, 0.25) is 6.79 Å². The number of fused-ring (bicyclic) bond motifs is 1. The number of rotatable bonds is 5. The highest BCUT2D eigenvalue weighted by Gasteiger charge is 2.43. The van der Waals surface area contributed by atoms with Gasteiger partial charge in [-0.25, -0.2) is 0 Å². The van der Waals surface area contributed by atoms with E-state index in [0.29, 0.717) is 35.6 Å². The van der Waals surface area contributed by atoms with Crippen molar-refractivity contribution in [2.24, 2.45) is 10.9 Å². The molecule has 5 rings (SSSR count). The SMILES string of the molecule is CC1=NC2=C(C(=O)CCC2)[C@@H](c2ccc3c(c2)OCO3)C1C(=O)OCCc1ccccc1. The van der Waals surface area contributed by atoms with Crippen LogP contribution in [0, 0.1) is 5.92 Å². The highest BCUT2D eigenvalue weighted by atomic mass is 16.7. The smallest absolute Gasteiger partial charge is 0.315 e. The first-order valence-corrected chi connectivity index (χ1v) is 11.0. The Kier molecular flexibility index (Phi) is 5.52. The molecule has 0 saturated heterocycles. The van der Waals surface area contributed by atoms with Gasteiger partial charge in [-0.05, 0) is 43.0 Å². The number of esters is 1. The summed E-state index contributed by atoms with van der Waals surface area (Å²) in [5, 5.41) is 0. The highest BCUT2D eigenvalue weighted by Crippen LogP contribution is 2.45. The predicted octanol–water partition coefficient (Wildman–Crippen LogP) is 4.38. The van der Waals surface area contributed by atoms with Crippen LogP contribution in [0.3, 0.4) is 0 Å². The second-order valence-electron chi connectivity index (χ2n) is 8.36. The Morgan fingerprint density at radius 3 is 2.75 bits per heavy atom. The molecule has 1 unspecified atom stereocenters. The zero-order valence-corrected chi connectivity index (χ0v) is 18.0. The first kappa shape index (κ1) is 20.5. The van der Waals surface area contributed by atoms with E-state index in [9.17, 15) is 9.59 Å². The maximum atomic E-state index is 13.3. The summed E-state index contributed by atoms with van der Waals surface area (Å²) in [5.41, 5.74) is 4.08. The van der Waals surface area contributed by atoms with Crippen molar-refractivity contribution in [2.45, 2.75) is 38.5 Å². The second kappa shape index (κ2) is 8.61. The Balaban J connectivity index is 1.45. The third-order valence-corrected chi connectivity index (χ3v) is 6.32. The number of carbonyl (C=O) groups excluding carboxylic acids is 2. The van der Waals surface area contributed by atoms with Crippen molar-refractivity contribution in [1.82, 2.24) is 0 Å². The van der Waals surface area contributed by atoms with E-state index in [0.717, 1.165) is 29.7 Å². The minimum absolute atomic E-state index is 0.0623. The molecule has 2 aromatic carbocycles. The topological polar surface area (TPSA) is 74.2 Å². The normalized spacial score (nSPS) is 21.8. The lowest BCUT2D eigenvalue weighted by Crippen LogP contribution is -2.37. The van der Waals surface area contributed by atoms with Gasteiger partial charge in [-0.3, -0.25) is 14.6 Å². The molecule has 0 saturated carbocycles. The Bertz CT molecular complexity index is 1120. The minimum atomic E-state index is -0.646. The first-order valence-electron chi connectivity index (χ1n) is 11.0. The van der Waals surface area contributed by atoms with Crippen molar-refractivity contribution in [3.63, 3.8) is 0 Å². The molecule has 0 radical (unpaired) electrons. The maximum absolute atomic E-state index is 13.3. The first-order chi connectivity index (χ1) is 15.6. The maximum Gasteiger partial charge on any atom is 0.315 e. The summed E-state index contributed by atoms with van der Waals surface area (Å²) in [6.45, 7) is 2.30. The molecule has 0 fully saturated rings. The minimum Gasteiger partial charge on any atom is -0.465 e. The molecule has 32 heavy (non-hydrogen) atoms. The number of benzene rings is 2. The zero-order chi connectivity index (χ0) is 22.1. The molecule has 0 amide bonds. The number of aliphatic imine (C=N–C) groups is 1. The van der Waals surface area contributed by atoms with Crippen molar-refractivity contribution < 1.29 is 23.8 Å². The van der Waals surface area contributed by atoms with Crippen molar-refractivity contribution in [3.8, 4) is 11.5 Å². The summed E-state index contributed by atoms with van der Waals surface area (Å²) in [6, 6.07) is 15.5. The van der Waals surface area contributed by atoms with E-state index >= 15 is 0 Å². The molecule has 6 nitrogen and oxygen atoms in total. The average molecular weight is 431 g/mol. The van der Waals surface area contributed by atoms with E-state index in [-0.39, 0.29) is 25.2 Å². The van der Waals surface area contributed by atoms with E-state index in [1.165, 1.54) is 0 Å². The number of ketones is 1. The number of carbonyl (C=O) groups is 2. The molecule has 164 valence electrons. The highest BCUT2D eigenvalue weighted by molar-refractivity contribution is 6.08. The molecule has 2 atom stereocenters. The number of nitrogens with zero attached hydrogens (tertiary/aromatic N) is 1. The van der Waals surface area contributed by atoms with Crippen molar-refractivity contribution >= 4 is 17.5 Å². The Morgan fingerprint density at radius 1 is 1.09 bits per heavy atom. The van der Waals surface area contributed by atoms with Crippen LogP contribution < -0.4 is 9.47 Å². The Morgan fingerprint density at radius 2 is 1.91 bits per heavy atom. The lowest BCUT2D eigenvalue weighted by atomic mass is 9.71. The average Bonchev–Trinajstić information content (AvgIpc) is 3.27. The molecule has 6 heteroatoms. The van der Waals surface area contributed by atoms with Gasteiger partial charge in [-0.1, -0.05) is 36.4 Å². The third-order valence-electron chi connectivity index (χ3n) is 6.32. The standard InChI is InChI=1S/C26H25NO5/c1-16-23(26(29)30-13-12-17-6-3-2-4-7-17)24(25-19(27-16)8-5-9-20(25)28)18-10-11-21-22(14-18)32-15-31-21/h2-4,6-7,10-11,14,23-24H,5,8-9,12-13,15H2,1H3/t23?,24-/m0/s1. The van der Waals surface area contributed by atoms with Gasteiger partial charge < -0.3 is 14.2 Å². The number of Topliss-reactive ketones (excluding diaryl/α,β-unsaturated/α-hetero) is 1. The van der Waals surface area contributed by atoms with Crippen molar-refractivity contribution in [1.29, 1.82) is 0 Å². The molecular formula is C26H25NO5. The fourth-order valence-electron chi connectivity index (χ4n) is 4.78. The van der Waals surface area contributed by atoms with Crippen LogP contribution in [0.1, 0.15) is 43.2 Å². The summed E-state index contributed by atoms with van der Waals surface area (Å²) < 4.78 is 16.7. The lowest BCUT2D eigenvalue weighted by molar-refractivity contribution is -0.146. The van der Waals surface area contributed by atoms with Crippen LogP contribution >= 0.6 is 0 Å². The third kappa shape index (κ3) is 3.81. The lowest BCUT2D eigenvalue weighted by Gasteiger charge is -2.34. The number of hydrogen-bond acceptors (Lipinski definition) is 6. The number of allylic oxidation sites excluding steroid dienone is 2. The van der Waals surface area contributed by atoms with E-state index in [1.807, 2.05) is 55.5 Å². The fourth-order valence-corrected chi connectivity index (χ4v) is 4.78. The molecule has 3 aliphatic rings. The number of hydrogen-bond donors (Lipinski definition) is 0. The molecule has 0 spiro atoms. The molecule has 0 bridgehead atoms. The summed E-state index contributed by atoms with van der Waals surface area (Å²) in [6.07, 6.45) is 2.64. The summed E-state index contributed by atoms with van der Waals surface area (Å²) in [7, 11) is 0. The van der Waals surface area contributed by atoms with Gasteiger partial charge in [0.05, 0.1) is 6.61 Å². The van der Waals surface area contributed by atoms with Gasteiger partial charge in [-0.2, -0.15) is 0 Å². The van der Waals surface area contributed by atoms with Crippen LogP contribution in [0.4, 0.5) is 0 Å². The molecule has 1 aliphatic carbocycles. The van der Waals surface area contributed by atoms with E-state index in [2.05, 4.69) is 0 Å². The van der Waals surface area contributed by atoms with Crippen LogP contribution in [0.2, 0.25) is 0 Å². The monoisotopic (exact) mass is 431 g/mol. The van der Waals surface area contributed by atoms with Gasteiger partial charge in [0.25, 0.3) is 0 Å². The van der Waals surface area contributed by atoms with Crippen LogP contribution in [0.25, 0.3) is 0 Å². The van der Waals surface area contributed by atoms with Gasteiger partial charge in [0.15, 0.2) is 17.3 Å². The summed E-state index contributed by atoms with van der Waals surface area (Å²) in [5.74, 6) is -0.0756. The van der Waals surface area contributed by atoms with E-state index in [4.69, 9.17) is 19.2 Å². The van der Waals surface area contributed by atoms with Gasteiger partial charge >= 0.3 is 5.97 Å². The second-order valence-corrected chi connectivity index (χ2v) is 8.36. The molecule has 0 aromatic heterocycles. The molecule has 2 aliphatic heterocycles. The molecule has 0 N–H and O–H groups in total. The molecule has 2 heterocycles. The molecule has 2 aromatic rings. The zero-order valence-electron chi connectivity index (χ0n) is 18.0. The Labute approximate surface area is 186 Å². The fraction of sp³-hybridized carbons (Fsp3) is 0.346. The van der Waals surface area contributed by atoms with Gasteiger partial charge in [0.1, 0.15) is 5.92 Å². The Hall–Kier alpha value is -3.41. The van der Waals surface area contributed by atoms with E-state index in [1.54, 1.807) is 0 Å².